The van der Waals surface area contributed by atoms with Crippen LogP contribution in [0, 0.1) is 5.41 Å². The van der Waals surface area contributed by atoms with Crippen LogP contribution in [0.4, 0.5) is 4.79 Å². The summed E-state index contributed by atoms with van der Waals surface area (Å²) in [5, 5.41) is 15.3. The first-order valence-electron chi connectivity index (χ1n) is 5.76. The van der Waals surface area contributed by atoms with E-state index in [2.05, 4.69) is 10.6 Å². The molecule has 0 fully saturated rings. The molecule has 0 aliphatic heterocycles. The molecule has 0 radical (unpaired) electrons. The Bertz CT molecular complexity index is 226. The zero-order valence-corrected chi connectivity index (χ0v) is 11.3. The van der Waals surface area contributed by atoms with E-state index in [1.54, 1.807) is 0 Å². The number of nitrogens with one attached hydrogen (secondary N) is 2. The maximum Gasteiger partial charge on any atom is 0.315 e. The molecule has 0 aromatic rings. The van der Waals surface area contributed by atoms with Crippen LogP contribution in [0.3, 0.4) is 0 Å². The fraction of sp³-hybridized carbons (Fsp3) is 0.917. The van der Waals surface area contributed by atoms with E-state index in [-0.39, 0.29) is 17.0 Å². The van der Waals surface area contributed by atoms with Crippen LogP contribution in [0.5, 0.6) is 0 Å². The van der Waals surface area contributed by atoms with E-state index >= 15 is 0 Å². The molecule has 96 valence electrons. The van der Waals surface area contributed by atoms with Crippen molar-refractivity contribution in [2.45, 2.75) is 59.6 Å². The maximum atomic E-state index is 11.4. The van der Waals surface area contributed by atoms with Gasteiger partial charge in [0.05, 0.1) is 6.10 Å². The first-order chi connectivity index (χ1) is 7.02. The number of urea groups is 1. The van der Waals surface area contributed by atoms with Crippen molar-refractivity contribution in [3.05, 3.63) is 0 Å². The Morgan fingerprint density at radius 1 is 1.19 bits per heavy atom. The third-order valence-electron chi connectivity index (χ3n) is 2.19. The van der Waals surface area contributed by atoms with Gasteiger partial charge in [0.25, 0.3) is 0 Å². The molecule has 0 heterocycles. The summed E-state index contributed by atoms with van der Waals surface area (Å²) in [5.74, 6) is 0. The molecule has 4 nitrogen and oxygen atoms in total. The predicted octanol–water partition coefficient (Wildman–Crippen LogP) is 1.88. The van der Waals surface area contributed by atoms with Crippen LogP contribution in [-0.2, 0) is 0 Å². The van der Waals surface area contributed by atoms with Gasteiger partial charge in [-0.15, -0.1) is 0 Å². The fourth-order valence-electron chi connectivity index (χ4n) is 1.14. The van der Waals surface area contributed by atoms with E-state index in [9.17, 15) is 9.90 Å². The van der Waals surface area contributed by atoms with Crippen molar-refractivity contribution in [1.29, 1.82) is 0 Å². The molecular weight excluding hydrogens is 204 g/mol. The topological polar surface area (TPSA) is 61.4 Å². The molecular formula is C12H26N2O2. The van der Waals surface area contributed by atoms with E-state index < -0.39 is 6.10 Å². The third kappa shape index (κ3) is 7.51. The van der Waals surface area contributed by atoms with Crippen molar-refractivity contribution in [3.63, 3.8) is 0 Å². The van der Waals surface area contributed by atoms with Crippen molar-refractivity contribution in [2.24, 2.45) is 5.41 Å². The van der Waals surface area contributed by atoms with Crippen LogP contribution < -0.4 is 10.6 Å². The van der Waals surface area contributed by atoms with E-state index in [1.165, 1.54) is 0 Å². The minimum absolute atomic E-state index is 0.137. The molecule has 0 aromatic heterocycles. The molecule has 3 N–H and O–H groups in total. The number of amides is 2. The van der Waals surface area contributed by atoms with Crippen LogP contribution in [0.1, 0.15) is 48.0 Å². The quantitative estimate of drug-likeness (QED) is 0.693. The highest BCUT2D eigenvalue weighted by Gasteiger charge is 2.21. The average Bonchev–Trinajstić information content (AvgIpc) is 1.98. The lowest BCUT2D eigenvalue weighted by Crippen LogP contribution is -2.47. The summed E-state index contributed by atoms with van der Waals surface area (Å²) in [6, 6.07) is -0.186. The second-order valence-corrected chi connectivity index (χ2v) is 6.30. The number of carbonyl (C=O) groups is 1. The van der Waals surface area contributed by atoms with Crippen molar-refractivity contribution >= 4 is 6.03 Å². The molecule has 0 aromatic carbocycles. The monoisotopic (exact) mass is 230 g/mol. The van der Waals surface area contributed by atoms with Gasteiger partial charge in [0.15, 0.2) is 0 Å². The smallest absolute Gasteiger partial charge is 0.315 e. The molecule has 4 heteroatoms. The minimum atomic E-state index is -0.401. The van der Waals surface area contributed by atoms with Crippen LogP contribution in [0.2, 0.25) is 0 Å². The molecule has 0 saturated heterocycles. The predicted molar refractivity (Wildman–Crippen MR) is 66.4 cm³/mol. The van der Waals surface area contributed by atoms with Crippen molar-refractivity contribution in [2.75, 3.05) is 6.54 Å². The standard InChI is InChI=1S/C12H26N2O2/c1-11(2,3)9(15)7-8-13-10(16)14-12(4,5)6/h9,15H,7-8H2,1-6H3,(H2,13,14,16). The molecule has 0 spiro atoms. The Labute approximate surface area is 98.8 Å². The highest BCUT2D eigenvalue weighted by molar-refractivity contribution is 5.74. The summed E-state index contributed by atoms with van der Waals surface area (Å²) in [6.45, 7) is 12.2. The van der Waals surface area contributed by atoms with E-state index in [0.29, 0.717) is 13.0 Å². The molecule has 1 atom stereocenters. The van der Waals surface area contributed by atoms with Gasteiger partial charge in [0.2, 0.25) is 0 Å². The second kappa shape index (κ2) is 5.53. The number of aliphatic hydroxyl groups is 1. The summed E-state index contributed by atoms with van der Waals surface area (Å²) in [6.07, 6.45) is 0.170. The molecule has 16 heavy (non-hydrogen) atoms. The lowest BCUT2D eigenvalue weighted by atomic mass is 9.87. The van der Waals surface area contributed by atoms with Crippen molar-refractivity contribution < 1.29 is 9.90 Å². The first kappa shape index (κ1) is 15.2. The van der Waals surface area contributed by atoms with Gasteiger partial charge in [0.1, 0.15) is 0 Å². The van der Waals surface area contributed by atoms with Crippen molar-refractivity contribution in [3.8, 4) is 0 Å². The molecule has 0 rings (SSSR count). The zero-order valence-electron chi connectivity index (χ0n) is 11.3. The van der Waals surface area contributed by atoms with Crippen molar-refractivity contribution in [1.82, 2.24) is 10.6 Å². The maximum absolute atomic E-state index is 11.4. The number of hydrogen-bond donors (Lipinski definition) is 3. The molecule has 0 aliphatic rings. The van der Waals surface area contributed by atoms with Gasteiger partial charge in [-0.05, 0) is 32.6 Å². The Morgan fingerprint density at radius 2 is 1.69 bits per heavy atom. The second-order valence-electron chi connectivity index (χ2n) is 6.30. The first-order valence-corrected chi connectivity index (χ1v) is 5.76. The Kier molecular flexibility index (Phi) is 5.26. The number of aliphatic hydroxyl groups excluding tert-OH is 1. The van der Waals surface area contributed by atoms with Gasteiger partial charge in [-0.1, -0.05) is 20.8 Å². The number of carbonyl (C=O) groups excluding carboxylic acids is 1. The van der Waals surface area contributed by atoms with Gasteiger partial charge < -0.3 is 15.7 Å². The van der Waals surface area contributed by atoms with E-state index in [1.807, 2.05) is 41.5 Å². The van der Waals surface area contributed by atoms with Gasteiger partial charge in [-0.3, -0.25) is 0 Å². The lowest BCUT2D eigenvalue weighted by Gasteiger charge is -2.26. The normalized spacial score (nSPS) is 14.4. The fourth-order valence-corrected chi connectivity index (χ4v) is 1.14. The molecule has 0 bridgehead atoms. The van der Waals surface area contributed by atoms with Gasteiger partial charge in [-0.2, -0.15) is 0 Å². The lowest BCUT2D eigenvalue weighted by molar-refractivity contribution is 0.0564. The number of rotatable bonds is 3. The van der Waals surface area contributed by atoms with Crippen LogP contribution >= 0.6 is 0 Å². The zero-order chi connectivity index (χ0) is 13.0. The summed E-state index contributed by atoms with van der Waals surface area (Å²) in [4.78, 5) is 11.4. The molecule has 0 saturated carbocycles. The highest BCUT2D eigenvalue weighted by atomic mass is 16.3. The molecule has 2 amide bonds. The Balaban J connectivity index is 3.79. The van der Waals surface area contributed by atoms with E-state index in [4.69, 9.17) is 0 Å². The van der Waals surface area contributed by atoms with Gasteiger partial charge in [0, 0.05) is 12.1 Å². The molecule has 0 aliphatic carbocycles. The summed E-state index contributed by atoms with van der Waals surface area (Å²) >= 11 is 0. The largest absolute Gasteiger partial charge is 0.393 e. The van der Waals surface area contributed by atoms with Crippen LogP contribution in [0.15, 0.2) is 0 Å². The summed E-state index contributed by atoms with van der Waals surface area (Å²) in [5.41, 5.74) is -0.366. The van der Waals surface area contributed by atoms with Crippen LogP contribution in [-0.4, -0.2) is 29.3 Å². The van der Waals surface area contributed by atoms with Gasteiger partial charge >= 0.3 is 6.03 Å². The summed E-state index contributed by atoms with van der Waals surface area (Å²) < 4.78 is 0. The summed E-state index contributed by atoms with van der Waals surface area (Å²) in [7, 11) is 0. The SMILES string of the molecule is CC(C)(C)NC(=O)NCCC(O)C(C)(C)C. The molecule has 1 unspecified atom stereocenters. The number of hydrogen-bond acceptors (Lipinski definition) is 2. The Hall–Kier alpha value is -0.770. The Morgan fingerprint density at radius 3 is 2.06 bits per heavy atom. The van der Waals surface area contributed by atoms with E-state index in [0.717, 1.165) is 0 Å². The van der Waals surface area contributed by atoms with Gasteiger partial charge in [-0.25, -0.2) is 4.79 Å². The third-order valence-corrected chi connectivity index (χ3v) is 2.19. The van der Waals surface area contributed by atoms with Crippen LogP contribution in [0.25, 0.3) is 0 Å². The average molecular weight is 230 g/mol. The minimum Gasteiger partial charge on any atom is -0.393 e. The highest BCUT2D eigenvalue weighted by Crippen LogP contribution is 2.20.